The molecular formula is C25H25FN6O3S. The summed E-state index contributed by atoms with van der Waals surface area (Å²) < 4.78 is 39.0. The van der Waals surface area contributed by atoms with Crippen LogP contribution >= 0.6 is 0 Å². The number of piperidine rings is 1. The highest BCUT2D eigenvalue weighted by Crippen LogP contribution is 2.31. The van der Waals surface area contributed by atoms with Crippen molar-refractivity contribution in [1.82, 2.24) is 19.5 Å². The number of nitrogens with zero attached hydrogens (tertiary/aromatic N) is 4. The molecule has 0 spiro atoms. The molecule has 186 valence electrons. The van der Waals surface area contributed by atoms with E-state index in [-0.39, 0.29) is 27.8 Å². The summed E-state index contributed by atoms with van der Waals surface area (Å²) >= 11 is 0. The average Bonchev–Trinajstić information content (AvgIpc) is 3.31. The number of amides is 1. The molecule has 1 amide bonds. The third-order valence-corrected chi connectivity index (χ3v) is 7.43. The molecule has 0 aliphatic carbocycles. The number of carbonyl (C=O) groups is 1. The van der Waals surface area contributed by atoms with Gasteiger partial charge in [0.25, 0.3) is 5.91 Å². The lowest BCUT2D eigenvalue weighted by molar-refractivity contribution is 0.0713. The summed E-state index contributed by atoms with van der Waals surface area (Å²) in [5.74, 6) is -0.0597. The summed E-state index contributed by atoms with van der Waals surface area (Å²) in [6.45, 7) is 2.85. The zero-order chi connectivity index (χ0) is 25.4. The zero-order valence-electron chi connectivity index (χ0n) is 19.6. The van der Waals surface area contributed by atoms with Crippen LogP contribution in [0.25, 0.3) is 5.65 Å². The van der Waals surface area contributed by atoms with Crippen molar-refractivity contribution < 1.29 is 17.6 Å². The quantitative estimate of drug-likeness (QED) is 0.425. The maximum atomic E-state index is 13.7. The molecule has 2 aromatic heterocycles. The fourth-order valence-corrected chi connectivity index (χ4v) is 5.18. The third-order valence-electron chi connectivity index (χ3n) is 6.53. The van der Waals surface area contributed by atoms with Gasteiger partial charge >= 0.3 is 0 Å². The lowest BCUT2D eigenvalue weighted by Gasteiger charge is -2.32. The molecule has 1 fully saturated rings. The van der Waals surface area contributed by atoms with E-state index >= 15 is 0 Å². The number of nitrogens with one attached hydrogen (secondary N) is 1. The minimum Gasteiger partial charge on any atom is -0.339 e. The van der Waals surface area contributed by atoms with Gasteiger partial charge in [-0.2, -0.15) is 9.61 Å². The molecular weight excluding hydrogens is 483 g/mol. The Morgan fingerprint density at radius 1 is 1.11 bits per heavy atom. The van der Waals surface area contributed by atoms with Crippen LogP contribution in [0.5, 0.6) is 0 Å². The molecule has 0 radical (unpaired) electrons. The molecule has 1 aliphatic rings. The first-order valence-electron chi connectivity index (χ1n) is 11.5. The van der Waals surface area contributed by atoms with Gasteiger partial charge in [-0.15, -0.1) is 0 Å². The highest BCUT2D eigenvalue weighted by molar-refractivity contribution is 7.89. The van der Waals surface area contributed by atoms with Crippen molar-refractivity contribution in [3.63, 3.8) is 0 Å². The molecule has 3 heterocycles. The zero-order valence-corrected chi connectivity index (χ0v) is 20.4. The van der Waals surface area contributed by atoms with E-state index in [2.05, 4.69) is 27.5 Å². The molecule has 0 unspecified atom stereocenters. The molecule has 5 rings (SSSR count). The average molecular weight is 509 g/mol. The second-order valence-corrected chi connectivity index (χ2v) is 10.4. The molecule has 0 saturated carbocycles. The summed E-state index contributed by atoms with van der Waals surface area (Å²) in [5.41, 5.74) is 2.59. The maximum Gasteiger partial charge on any atom is 0.259 e. The number of primary sulfonamides is 1. The van der Waals surface area contributed by atoms with Gasteiger partial charge < -0.3 is 10.2 Å². The van der Waals surface area contributed by atoms with Crippen LogP contribution in [-0.2, 0) is 10.0 Å². The van der Waals surface area contributed by atoms with Crippen LogP contribution in [0, 0.1) is 12.7 Å². The number of aryl methyl sites for hydroxylation is 1. The van der Waals surface area contributed by atoms with Crippen LogP contribution in [0.4, 0.5) is 15.9 Å². The molecule has 3 N–H and O–H groups in total. The number of benzene rings is 2. The Morgan fingerprint density at radius 2 is 1.83 bits per heavy atom. The van der Waals surface area contributed by atoms with Gasteiger partial charge in [0.05, 0.1) is 6.20 Å². The number of aromatic nitrogens is 3. The van der Waals surface area contributed by atoms with Gasteiger partial charge in [-0.1, -0.05) is 30.3 Å². The number of fused-ring (bicyclic) bond motifs is 1. The summed E-state index contributed by atoms with van der Waals surface area (Å²) in [5, 5.41) is 12.6. The first kappa shape index (κ1) is 23.9. The predicted molar refractivity (Wildman–Crippen MR) is 133 cm³/mol. The molecule has 11 heteroatoms. The Balaban J connectivity index is 1.51. The van der Waals surface area contributed by atoms with Crippen LogP contribution < -0.4 is 10.5 Å². The van der Waals surface area contributed by atoms with E-state index in [0.717, 1.165) is 19.0 Å². The molecule has 1 aliphatic heterocycles. The van der Waals surface area contributed by atoms with E-state index in [9.17, 15) is 17.6 Å². The van der Waals surface area contributed by atoms with E-state index < -0.39 is 15.8 Å². The largest absolute Gasteiger partial charge is 0.339 e. The molecule has 0 bridgehead atoms. The number of sulfonamides is 1. The van der Waals surface area contributed by atoms with Crippen LogP contribution in [0.15, 0.2) is 65.8 Å². The van der Waals surface area contributed by atoms with Crippen molar-refractivity contribution in [2.75, 3.05) is 18.4 Å². The van der Waals surface area contributed by atoms with Gasteiger partial charge in [0, 0.05) is 25.0 Å². The first-order valence-corrected chi connectivity index (χ1v) is 13.0. The number of likely N-dealkylation sites (tertiary alicyclic amines) is 1. The fraction of sp³-hybridized carbons (Fsp3) is 0.240. The minimum absolute atomic E-state index is 0.0147. The number of anilines is 2. The van der Waals surface area contributed by atoms with Gasteiger partial charge in [0.15, 0.2) is 5.65 Å². The summed E-state index contributed by atoms with van der Waals surface area (Å²) in [6, 6.07) is 14.4. The van der Waals surface area contributed by atoms with Crippen molar-refractivity contribution in [2.24, 2.45) is 5.14 Å². The molecule has 36 heavy (non-hydrogen) atoms. The Kier molecular flexibility index (Phi) is 6.19. The van der Waals surface area contributed by atoms with Crippen LogP contribution in [-0.4, -0.2) is 46.9 Å². The van der Waals surface area contributed by atoms with Gasteiger partial charge in [0.1, 0.15) is 22.1 Å². The van der Waals surface area contributed by atoms with Crippen LogP contribution in [0.1, 0.15) is 40.2 Å². The Morgan fingerprint density at radius 3 is 2.50 bits per heavy atom. The Bertz CT molecular complexity index is 1550. The third kappa shape index (κ3) is 4.54. The maximum absolute atomic E-state index is 13.7. The van der Waals surface area contributed by atoms with Crippen LogP contribution in [0.2, 0.25) is 0 Å². The number of halogens is 1. The van der Waals surface area contributed by atoms with E-state index in [1.54, 1.807) is 17.9 Å². The fourth-order valence-electron chi connectivity index (χ4n) is 4.59. The Hall–Kier alpha value is -3.83. The number of hydrogen-bond donors (Lipinski definition) is 2. The van der Waals surface area contributed by atoms with Crippen molar-refractivity contribution >= 4 is 33.1 Å². The molecule has 2 aromatic carbocycles. The van der Waals surface area contributed by atoms with E-state index in [4.69, 9.17) is 5.14 Å². The smallest absolute Gasteiger partial charge is 0.259 e. The second-order valence-electron chi connectivity index (χ2n) is 8.87. The van der Waals surface area contributed by atoms with Crippen molar-refractivity contribution in [3.05, 3.63) is 83.4 Å². The second kappa shape index (κ2) is 9.32. The van der Waals surface area contributed by atoms with E-state index in [0.29, 0.717) is 30.3 Å². The lowest BCUT2D eigenvalue weighted by Crippen LogP contribution is -2.38. The standard InChI is InChI=1S/C25H25FN6O3S/c1-16-13-19(26)7-8-21(16)30-23-20(14-28-24-22(36(27,34)35)15-29-32(23)24)25(33)31-11-9-18(10-12-31)17-5-3-2-4-6-17/h2-8,13-15,18,30H,9-12H2,1H3,(H2,27,34,35). The topological polar surface area (TPSA) is 123 Å². The number of hydrogen-bond acceptors (Lipinski definition) is 6. The highest BCUT2D eigenvalue weighted by atomic mass is 32.2. The molecule has 0 atom stereocenters. The van der Waals surface area contributed by atoms with Crippen molar-refractivity contribution in [1.29, 1.82) is 0 Å². The SMILES string of the molecule is Cc1cc(F)ccc1Nc1c(C(=O)N2CCC(c3ccccc3)CC2)cnc2c(S(N)(=O)=O)cnn12. The molecule has 9 nitrogen and oxygen atoms in total. The number of rotatable bonds is 5. The van der Waals surface area contributed by atoms with Crippen molar-refractivity contribution in [2.45, 2.75) is 30.6 Å². The molecule has 4 aromatic rings. The lowest BCUT2D eigenvalue weighted by atomic mass is 9.89. The van der Waals surface area contributed by atoms with Gasteiger partial charge in [-0.25, -0.2) is 22.9 Å². The summed E-state index contributed by atoms with van der Waals surface area (Å²) in [7, 11) is -4.09. The highest BCUT2D eigenvalue weighted by Gasteiger charge is 2.29. The minimum atomic E-state index is -4.09. The van der Waals surface area contributed by atoms with E-state index in [1.807, 2.05) is 18.2 Å². The van der Waals surface area contributed by atoms with Gasteiger partial charge in [0.2, 0.25) is 10.0 Å². The predicted octanol–water partition coefficient (Wildman–Crippen LogP) is 3.59. The first-order chi connectivity index (χ1) is 17.2. The summed E-state index contributed by atoms with van der Waals surface area (Å²) in [4.78, 5) is 19.4. The summed E-state index contributed by atoms with van der Waals surface area (Å²) in [6.07, 6.45) is 4.07. The van der Waals surface area contributed by atoms with E-state index in [1.165, 1.54) is 28.4 Å². The Labute approximate surface area is 207 Å². The number of nitrogens with two attached hydrogens (primary N) is 1. The van der Waals surface area contributed by atoms with Gasteiger partial charge in [-0.05, 0) is 55.0 Å². The van der Waals surface area contributed by atoms with Crippen LogP contribution in [0.3, 0.4) is 0 Å². The monoisotopic (exact) mass is 508 g/mol. The normalized spacial score (nSPS) is 14.8. The van der Waals surface area contributed by atoms with Crippen molar-refractivity contribution in [3.8, 4) is 0 Å². The number of carbonyl (C=O) groups excluding carboxylic acids is 1. The molecule has 1 saturated heterocycles. The van der Waals surface area contributed by atoms with Gasteiger partial charge in [-0.3, -0.25) is 4.79 Å².